The Kier molecular flexibility index (Phi) is 9.93. The van der Waals surface area contributed by atoms with Gasteiger partial charge in [-0.1, -0.05) is 13.0 Å². The van der Waals surface area contributed by atoms with Crippen LogP contribution in [-0.2, 0) is 6.54 Å². The molecule has 1 unspecified atom stereocenters. The summed E-state index contributed by atoms with van der Waals surface area (Å²) in [7, 11) is 0. The number of ether oxygens (including phenoxy) is 1. The first-order valence-electron chi connectivity index (χ1n) is 8.53. The van der Waals surface area contributed by atoms with Gasteiger partial charge in [0.25, 0.3) is 0 Å². The highest BCUT2D eigenvalue weighted by molar-refractivity contribution is 14.0. The zero-order valence-corrected chi connectivity index (χ0v) is 17.7. The molecule has 1 atom stereocenters. The molecule has 26 heavy (non-hydrogen) atoms. The predicted octanol–water partition coefficient (Wildman–Crippen LogP) is 4.48. The summed E-state index contributed by atoms with van der Waals surface area (Å²) < 4.78 is 19.7. The molecule has 1 aromatic heterocycles. The van der Waals surface area contributed by atoms with Crippen molar-refractivity contribution in [1.82, 2.24) is 15.6 Å². The number of benzene rings is 1. The lowest BCUT2D eigenvalue weighted by atomic mass is 10.2. The van der Waals surface area contributed by atoms with E-state index in [0.717, 1.165) is 24.5 Å². The number of nitrogens with zero attached hydrogens (tertiary/aromatic N) is 2. The third-order valence-corrected chi connectivity index (χ3v) is 3.62. The highest BCUT2D eigenvalue weighted by atomic mass is 127. The largest absolute Gasteiger partial charge is 0.453 e. The van der Waals surface area contributed by atoms with Gasteiger partial charge in [0.15, 0.2) is 17.5 Å². The van der Waals surface area contributed by atoms with E-state index in [2.05, 4.69) is 34.5 Å². The molecule has 0 bridgehead atoms. The number of aromatic nitrogens is 1. The van der Waals surface area contributed by atoms with E-state index in [-0.39, 0.29) is 29.7 Å². The van der Waals surface area contributed by atoms with Crippen molar-refractivity contribution in [3.63, 3.8) is 0 Å². The maximum absolute atomic E-state index is 14.2. The van der Waals surface area contributed by atoms with Crippen LogP contribution in [-0.4, -0.2) is 23.5 Å². The fourth-order valence-corrected chi connectivity index (χ4v) is 2.09. The Morgan fingerprint density at radius 1 is 1.31 bits per heavy atom. The summed E-state index contributed by atoms with van der Waals surface area (Å²) in [6.07, 6.45) is 4.18. The van der Waals surface area contributed by atoms with E-state index < -0.39 is 5.82 Å². The highest BCUT2D eigenvalue weighted by Crippen LogP contribution is 2.24. The second kappa shape index (κ2) is 11.7. The van der Waals surface area contributed by atoms with Crippen LogP contribution in [0.3, 0.4) is 0 Å². The Morgan fingerprint density at radius 2 is 2.12 bits per heavy atom. The second-order valence-electron chi connectivity index (χ2n) is 5.70. The van der Waals surface area contributed by atoms with Crippen molar-refractivity contribution in [2.24, 2.45) is 4.99 Å². The molecule has 142 valence electrons. The van der Waals surface area contributed by atoms with E-state index >= 15 is 0 Å². The lowest BCUT2D eigenvalue weighted by Crippen LogP contribution is -2.41. The van der Waals surface area contributed by atoms with Crippen molar-refractivity contribution in [2.75, 3.05) is 6.54 Å². The van der Waals surface area contributed by atoms with Crippen LogP contribution < -0.4 is 15.4 Å². The van der Waals surface area contributed by atoms with E-state index in [4.69, 9.17) is 4.74 Å². The normalized spacial score (nSPS) is 12.1. The fourth-order valence-electron chi connectivity index (χ4n) is 2.09. The molecule has 7 heteroatoms. The van der Waals surface area contributed by atoms with E-state index in [9.17, 15) is 4.39 Å². The van der Waals surface area contributed by atoms with E-state index in [1.165, 1.54) is 6.07 Å². The highest BCUT2D eigenvalue weighted by Gasteiger charge is 2.07. The van der Waals surface area contributed by atoms with Crippen LogP contribution in [0.4, 0.5) is 4.39 Å². The van der Waals surface area contributed by atoms with Crippen molar-refractivity contribution in [1.29, 1.82) is 0 Å². The number of rotatable bonds is 7. The summed E-state index contributed by atoms with van der Waals surface area (Å²) in [5.74, 6) is 0.981. The quantitative estimate of drug-likeness (QED) is 0.355. The van der Waals surface area contributed by atoms with Crippen LogP contribution in [0.15, 0.2) is 47.7 Å². The third kappa shape index (κ3) is 7.15. The van der Waals surface area contributed by atoms with Gasteiger partial charge in [-0.05, 0) is 50.1 Å². The molecule has 0 saturated heterocycles. The zero-order chi connectivity index (χ0) is 18.1. The van der Waals surface area contributed by atoms with Gasteiger partial charge in [-0.2, -0.15) is 0 Å². The molecule has 1 heterocycles. The number of hydrogen-bond acceptors (Lipinski definition) is 3. The first-order valence-corrected chi connectivity index (χ1v) is 8.53. The van der Waals surface area contributed by atoms with Crippen LogP contribution in [0.1, 0.15) is 32.8 Å². The fraction of sp³-hybridized carbons (Fsp3) is 0.368. The van der Waals surface area contributed by atoms with Gasteiger partial charge in [0.1, 0.15) is 5.75 Å². The van der Waals surface area contributed by atoms with Crippen LogP contribution in [0, 0.1) is 5.82 Å². The molecule has 5 nitrogen and oxygen atoms in total. The summed E-state index contributed by atoms with van der Waals surface area (Å²) in [6, 6.07) is 8.66. The molecule has 0 aliphatic rings. The number of halogens is 2. The number of aliphatic imine (C=N–C) groups is 1. The van der Waals surface area contributed by atoms with Gasteiger partial charge in [-0.25, -0.2) is 9.38 Å². The third-order valence-electron chi connectivity index (χ3n) is 3.62. The molecule has 2 aromatic rings. The Labute approximate surface area is 171 Å². The zero-order valence-electron chi connectivity index (χ0n) is 15.3. The number of hydrogen-bond donors (Lipinski definition) is 2. The molecular formula is C19H26FIN4O. The molecule has 0 aliphatic heterocycles. The number of nitrogens with one attached hydrogen (secondary N) is 2. The van der Waals surface area contributed by atoms with Gasteiger partial charge >= 0.3 is 0 Å². The Morgan fingerprint density at radius 3 is 2.73 bits per heavy atom. The Balaban J connectivity index is 0.00000338. The SMILES string of the molecule is CCNC(=NCc1ccc(Oc2cccnc2)c(F)c1)NC(C)CC.I. The maximum Gasteiger partial charge on any atom is 0.191 e. The minimum absolute atomic E-state index is 0. The minimum Gasteiger partial charge on any atom is -0.453 e. The molecule has 0 spiro atoms. The van der Waals surface area contributed by atoms with Crippen molar-refractivity contribution in [3.8, 4) is 11.5 Å². The van der Waals surface area contributed by atoms with Crippen molar-refractivity contribution < 1.29 is 9.13 Å². The van der Waals surface area contributed by atoms with Crippen LogP contribution in [0.5, 0.6) is 11.5 Å². The molecule has 0 aliphatic carbocycles. The van der Waals surface area contributed by atoms with Gasteiger partial charge in [-0.15, -0.1) is 24.0 Å². The van der Waals surface area contributed by atoms with E-state index in [1.807, 2.05) is 13.0 Å². The second-order valence-corrected chi connectivity index (χ2v) is 5.70. The minimum atomic E-state index is -0.420. The van der Waals surface area contributed by atoms with Crippen molar-refractivity contribution >= 4 is 29.9 Å². The molecule has 0 radical (unpaired) electrons. The topological polar surface area (TPSA) is 58.5 Å². The monoisotopic (exact) mass is 472 g/mol. The van der Waals surface area contributed by atoms with Crippen LogP contribution in [0.2, 0.25) is 0 Å². The summed E-state index contributed by atoms with van der Waals surface area (Å²) in [5.41, 5.74) is 0.775. The summed E-state index contributed by atoms with van der Waals surface area (Å²) in [6.45, 7) is 7.37. The number of pyridine rings is 1. The van der Waals surface area contributed by atoms with Gasteiger partial charge in [0, 0.05) is 18.8 Å². The summed E-state index contributed by atoms with van der Waals surface area (Å²) in [4.78, 5) is 8.45. The predicted molar refractivity (Wildman–Crippen MR) is 114 cm³/mol. The standard InChI is InChI=1S/C19H25FN4O.HI/c1-4-14(3)24-19(22-5-2)23-12-15-8-9-18(17(20)11-15)25-16-7-6-10-21-13-16;/h6-11,13-14H,4-5,12H2,1-3H3,(H2,22,23,24);1H. The van der Waals surface area contributed by atoms with Gasteiger partial charge in [-0.3, -0.25) is 4.98 Å². The van der Waals surface area contributed by atoms with Gasteiger partial charge < -0.3 is 15.4 Å². The molecule has 1 aromatic carbocycles. The Hall–Kier alpha value is -1.90. The van der Waals surface area contributed by atoms with Crippen LogP contribution in [0.25, 0.3) is 0 Å². The molecule has 0 saturated carbocycles. The molecule has 2 N–H and O–H groups in total. The first kappa shape index (κ1) is 22.1. The smallest absolute Gasteiger partial charge is 0.191 e. The van der Waals surface area contributed by atoms with Gasteiger partial charge in [0.05, 0.1) is 12.7 Å². The molecular weight excluding hydrogens is 446 g/mol. The lowest BCUT2D eigenvalue weighted by Gasteiger charge is -2.16. The summed E-state index contributed by atoms with van der Waals surface area (Å²) in [5, 5.41) is 6.50. The average Bonchev–Trinajstić information content (AvgIpc) is 2.62. The van der Waals surface area contributed by atoms with E-state index in [0.29, 0.717) is 18.3 Å². The number of guanidine groups is 1. The van der Waals surface area contributed by atoms with Crippen LogP contribution >= 0.6 is 24.0 Å². The van der Waals surface area contributed by atoms with Crippen molar-refractivity contribution in [3.05, 3.63) is 54.1 Å². The molecule has 0 amide bonds. The van der Waals surface area contributed by atoms with Gasteiger partial charge in [0.2, 0.25) is 0 Å². The summed E-state index contributed by atoms with van der Waals surface area (Å²) >= 11 is 0. The van der Waals surface area contributed by atoms with E-state index in [1.54, 1.807) is 30.6 Å². The molecule has 0 fully saturated rings. The Bertz CT molecular complexity index is 697. The first-order chi connectivity index (χ1) is 12.1. The average molecular weight is 472 g/mol. The maximum atomic E-state index is 14.2. The van der Waals surface area contributed by atoms with Crippen molar-refractivity contribution in [2.45, 2.75) is 39.8 Å². The lowest BCUT2D eigenvalue weighted by molar-refractivity contribution is 0.440. The molecule has 2 rings (SSSR count).